The van der Waals surface area contributed by atoms with E-state index in [1.165, 1.54) is 27.7 Å². The van der Waals surface area contributed by atoms with Crippen molar-refractivity contribution in [3.63, 3.8) is 0 Å². The second-order valence-corrected chi connectivity index (χ2v) is 4.17. The van der Waals surface area contributed by atoms with Gasteiger partial charge >= 0.3 is 0 Å². The summed E-state index contributed by atoms with van der Waals surface area (Å²) in [7, 11) is 0. The Morgan fingerprint density at radius 1 is 0.900 bits per heavy atom. The summed E-state index contributed by atoms with van der Waals surface area (Å²) >= 11 is 0. The molecule has 0 aliphatic carbocycles. The number of aliphatic hydroxyl groups excluding tert-OH is 5. The molecule has 0 aromatic rings. The number of carbonyl (C=O) groups excluding carboxylic acids is 3. The molecule has 0 aliphatic heterocycles. The van der Waals surface area contributed by atoms with Crippen molar-refractivity contribution in [2.24, 2.45) is 0 Å². The molecule has 0 fully saturated rings. The highest BCUT2D eigenvalue weighted by Crippen LogP contribution is 2.02. The molecular formula is C12H24O8. The van der Waals surface area contributed by atoms with Crippen molar-refractivity contribution < 1.29 is 39.9 Å². The van der Waals surface area contributed by atoms with E-state index in [9.17, 15) is 14.4 Å². The Kier molecular flexibility index (Phi) is 17.0. The third kappa shape index (κ3) is 19.2. The Labute approximate surface area is 117 Å². The normalized spacial score (nSPS) is 15.2. The van der Waals surface area contributed by atoms with Crippen LogP contribution < -0.4 is 0 Å². The molecule has 0 saturated heterocycles. The predicted molar refractivity (Wildman–Crippen MR) is 69.9 cm³/mol. The zero-order chi connectivity index (χ0) is 16.9. The van der Waals surface area contributed by atoms with E-state index >= 15 is 0 Å². The summed E-state index contributed by atoms with van der Waals surface area (Å²) in [6.07, 6.45) is -6.84. The molecular weight excluding hydrogens is 272 g/mol. The molecule has 0 rings (SSSR count). The van der Waals surface area contributed by atoms with Gasteiger partial charge in [0.25, 0.3) is 0 Å². The number of aldehydes is 1. The van der Waals surface area contributed by atoms with E-state index < -0.39 is 31.0 Å². The standard InChI is InChI=1S/C6H12O6.2C3H6O/c7-1-3(9)5(11)6(12)4(10)2-8;2*1-3(2)4/h1,3-6,8-12H,2H2;2*1-2H3/t3-,4-,5-,6-;;/m1../s1. The highest BCUT2D eigenvalue weighted by Gasteiger charge is 2.29. The fourth-order valence-corrected chi connectivity index (χ4v) is 0.618. The monoisotopic (exact) mass is 296 g/mol. The van der Waals surface area contributed by atoms with E-state index in [-0.39, 0.29) is 17.9 Å². The largest absolute Gasteiger partial charge is 0.394 e. The first-order valence-electron chi connectivity index (χ1n) is 5.73. The van der Waals surface area contributed by atoms with E-state index in [0.717, 1.165) is 0 Å². The Morgan fingerprint density at radius 3 is 1.40 bits per heavy atom. The molecule has 8 heteroatoms. The fraction of sp³-hybridized carbons (Fsp3) is 0.750. The SMILES string of the molecule is CC(C)=O.CC(C)=O.O=C[C@@H](O)[C@@H](O)[C@H](O)[C@H](O)CO. The van der Waals surface area contributed by atoms with Crippen molar-refractivity contribution in [2.45, 2.75) is 52.1 Å². The van der Waals surface area contributed by atoms with E-state index in [4.69, 9.17) is 25.5 Å². The van der Waals surface area contributed by atoms with E-state index in [2.05, 4.69) is 0 Å². The summed E-state index contributed by atoms with van der Waals surface area (Å²) < 4.78 is 0. The van der Waals surface area contributed by atoms with Gasteiger partial charge in [-0.2, -0.15) is 0 Å². The smallest absolute Gasteiger partial charge is 0.151 e. The highest BCUT2D eigenvalue weighted by atomic mass is 16.4. The number of rotatable bonds is 5. The van der Waals surface area contributed by atoms with E-state index in [0.29, 0.717) is 0 Å². The van der Waals surface area contributed by atoms with Gasteiger partial charge in [-0.1, -0.05) is 0 Å². The average molecular weight is 296 g/mol. The molecule has 4 atom stereocenters. The fourth-order valence-electron chi connectivity index (χ4n) is 0.618. The first-order chi connectivity index (χ1) is 9.00. The summed E-state index contributed by atoms with van der Waals surface area (Å²) in [4.78, 5) is 28.8. The van der Waals surface area contributed by atoms with Crippen LogP contribution in [0.3, 0.4) is 0 Å². The van der Waals surface area contributed by atoms with Gasteiger partial charge in [-0.05, 0) is 27.7 Å². The summed E-state index contributed by atoms with van der Waals surface area (Å²) in [5.74, 6) is 0.333. The minimum absolute atomic E-state index is 0.0258. The molecule has 8 nitrogen and oxygen atoms in total. The van der Waals surface area contributed by atoms with Crippen LogP contribution in [0, 0.1) is 0 Å². The first kappa shape index (κ1) is 23.9. The predicted octanol–water partition coefficient (Wildman–Crippen LogP) is -2.19. The molecule has 0 bridgehead atoms. The lowest BCUT2D eigenvalue weighted by atomic mass is 10.0. The van der Waals surface area contributed by atoms with Crippen LogP contribution in [-0.2, 0) is 14.4 Å². The lowest BCUT2D eigenvalue weighted by Gasteiger charge is -2.22. The molecule has 0 aromatic heterocycles. The van der Waals surface area contributed by atoms with Gasteiger partial charge < -0.3 is 39.9 Å². The minimum Gasteiger partial charge on any atom is -0.394 e. The van der Waals surface area contributed by atoms with Crippen molar-refractivity contribution in [1.82, 2.24) is 0 Å². The van der Waals surface area contributed by atoms with Crippen molar-refractivity contribution in [3.8, 4) is 0 Å². The Balaban J connectivity index is -0.000000297. The lowest BCUT2D eigenvalue weighted by Crippen LogP contribution is -2.46. The van der Waals surface area contributed by atoms with Crippen molar-refractivity contribution >= 4 is 17.9 Å². The van der Waals surface area contributed by atoms with Gasteiger partial charge in [0.15, 0.2) is 6.29 Å². The molecule has 0 amide bonds. The number of ketones is 2. The summed E-state index contributed by atoms with van der Waals surface area (Å²) in [5.41, 5.74) is 0. The maximum Gasteiger partial charge on any atom is 0.151 e. The summed E-state index contributed by atoms with van der Waals surface area (Å²) in [6.45, 7) is 5.35. The number of Topliss-reactive ketones (excluding diaryl/α,β-unsaturated/α-hetero) is 2. The highest BCUT2D eigenvalue weighted by molar-refractivity contribution is 5.72. The molecule has 0 radical (unpaired) electrons. The zero-order valence-electron chi connectivity index (χ0n) is 12.1. The van der Waals surface area contributed by atoms with Gasteiger partial charge in [-0.25, -0.2) is 0 Å². The molecule has 0 unspecified atom stereocenters. The van der Waals surface area contributed by atoms with Crippen molar-refractivity contribution in [3.05, 3.63) is 0 Å². The number of hydrogen-bond acceptors (Lipinski definition) is 8. The van der Waals surface area contributed by atoms with Crippen molar-refractivity contribution in [2.75, 3.05) is 6.61 Å². The van der Waals surface area contributed by atoms with Crippen LogP contribution in [0.4, 0.5) is 0 Å². The van der Waals surface area contributed by atoms with E-state index in [1.807, 2.05) is 0 Å². The minimum atomic E-state index is -1.79. The van der Waals surface area contributed by atoms with Gasteiger partial charge in [-0.15, -0.1) is 0 Å². The number of carbonyl (C=O) groups is 3. The molecule has 0 heterocycles. The number of aliphatic hydroxyl groups is 5. The number of hydrogen-bond donors (Lipinski definition) is 5. The maximum atomic E-state index is 9.90. The molecule has 5 N–H and O–H groups in total. The Hall–Kier alpha value is -1.19. The van der Waals surface area contributed by atoms with Gasteiger partial charge in [0.2, 0.25) is 0 Å². The Bertz CT molecular complexity index is 259. The second kappa shape index (κ2) is 14.2. The van der Waals surface area contributed by atoms with Gasteiger partial charge in [-0.3, -0.25) is 0 Å². The molecule has 0 aromatic carbocycles. The summed E-state index contributed by atoms with van der Waals surface area (Å²) in [5, 5.41) is 43.5. The van der Waals surface area contributed by atoms with Crippen LogP contribution in [0.25, 0.3) is 0 Å². The quantitative estimate of drug-likeness (QED) is 0.359. The first-order valence-corrected chi connectivity index (χ1v) is 5.73. The maximum absolute atomic E-state index is 9.90. The third-order valence-electron chi connectivity index (χ3n) is 1.42. The van der Waals surface area contributed by atoms with E-state index in [1.54, 1.807) is 0 Å². The second-order valence-electron chi connectivity index (χ2n) is 4.17. The third-order valence-corrected chi connectivity index (χ3v) is 1.42. The van der Waals surface area contributed by atoms with Crippen LogP contribution in [0.2, 0.25) is 0 Å². The average Bonchev–Trinajstić information content (AvgIpc) is 2.33. The van der Waals surface area contributed by atoms with Gasteiger partial charge in [0.1, 0.15) is 36.0 Å². The lowest BCUT2D eigenvalue weighted by molar-refractivity contribution is -0.136. The van der Waals surface area contributed by atoms with Crippen LogP contribution in [-0.4, -0.2) is 74.4 Å². The van der Waals surface area contributed by atoms with Gasteiger partial charge in [0, 0.05) is 0 Å². The van der Waals surface area contributed by atoms with Crippen LogP contribution >= 0.6 is 0 Å². The topological polar surface area (TPSA) is 152 Å². The molecule has 0 saturated carbocycles. The summed E-state index contributed by atoms with van der Waals surface area (Å²) in [6, 6.07) is 0. The molecule has 0 spiro atoms. The zero-order valence-corrected chi connectivity index (χ0v) is 12.1. The molecule has 20 heavy (non-hydrogen) atoms. The van der Waals surface area contributed by atoms with Crippen LogP contribution in [0.15, 0.2) is 0 Å². The van der Waals surface area contributed by atoms with Crippen LogP contribution in [0.1, 0.15) is 27.7 Å². The van der Waals surface area contributed by atoms with Gasteiger partial charge in [0.05, 0.1) is 6.61 Å². The van der Waals surface area contributed by atoms with Crippen LogP contribution in [0.5, 0.6) is 0 Å². The molecule has 0 aliphatic rings. The van der Waals surface area contributed by atoms with Crippen molar-refractivity contribution in [1.29, 1.82) is 0 Å². The molecule has 120 valence electrons. The Morgan fingerprint density at radius 2 is 1.20 bits per heavy atom.